The molecule has 0 aliphatic carbocycles. The second-order valence-electron chi connectivity index (χ2n) is 5.46. The number of nitrogens with zero attached hydrogens (tertiary/aromatic N) is 3. The van der Waals surface area contributed by atoms with Crippen LogP contribution in [-0.4, -0.2) is 53.3 Å². The molecule has 0 saturated carbocycles. The first-order chi connectivity index (χ1) is 11.5. The van der Waals surface area contributed by atoms with Crippen molar-refractivity contribution in [2.24, 2.45) is 0 Å². The Hall–Kier alpha value is -2.89. The molecule has 126 valence electrons. The molecular formula is C18H21N3O3. The van der Waals surface area contributed by atoms with Crippen LogP contribution in [0.3, 0.4) is 0 Å². The van der Waals surface area contributed by atoms with Crippen molar-refractivity contribution in [2.45, 2.75) is 13.0 Å². The van der Waals surface area contributed by atoms with Crippen LogP contribution in [0.5, 0.6) is 0 Å². The van der Waals surface area contributed by atoms with Gasteiger partial charge in [-0.1, -0.05) is 30.4 Å². The van der Waals surface area contributed by atoms with E-state index < -0.39 is 12.1 Å². The second kappa shape index (κ2) is 7.59. The third kappa shape index (κ3) is 3.37. The molecule has 1 saturated heterocycles. The van der Waals surface area contributed by atoms with Crippen molar-refractivity contribution < 1.29 is 14.4 Å². The molecule has 0 radical (unpaired) electrons. The molecule has 6 nitrogen and oxygen atoms in total. The fourth-order valence-electron chi connectivity index (χ4n) is 2.62. The lowest BCUT2D eigenvalue weighted by Gasteiger charge is -2.22. The molecule has 0 aromatic heterocycles. The molecule has 4 amide bonds. The van der Waals surface area contributed by atoms with Gasteiger partial charge in [-0.05, 0) is 19.1 Å². The Labute approximate surface area is 141 Å². The lowest BCUT2D eigenvalue weighted by atomic mass is 10.2. The Morgan fingerprint density at radius 3 is 2.29 bits per heavy atom. The Kier molecular flexibility index (Phi) is 5.52. The third-order valence-corrected chi connectivity index (χ3v) is 3.83. The Balaban J connectivity index is 2.17. The number of imide groups is 1. The SMILES string of the molecule is C=CCN(CC=C)C(=O)CN1C(=O)[C@@H](C)N(c2ccccc2)C1=O. The molecule has 0 bridgehead atoms. The highest BCUT2D eigenvalue weighted by atomic mass is 16.2. The molecule has 1 heterocycles. The standard InChI is InChI=1S/C18H21N3O3/c1-4-11-19(12-5-2)16(22)13-20-17(23)14(3)21(18(20)24)15-9-7-6-8-10-15/h4-10,14H,1-2,11-13H2,3H3/t14-/m1/s1. The van der Waals surface area contributed by atoms with Crippen LogP contribution in [0.4, 0.5) is 10.5 Å². The Bertz CT molecular complexity index is 647. The third-order valence-electron chi connectivity index (χ3n) is 3.83. The number of rotatable bonds is 7. The quantitative estimate of drug-likeness (QED) is 0.569. The molecule has 2 rings (SSSR count). The van der Waals surface area contributed by atoms with Crippen LogP contribution in [0.15, 0.2) is 55.6 Å². The molecule has 1 aromatic rings. The van der Waals surface area contributed by atoms with Crippen molar-refractivity contribution >= 4 is 23.5 Å². The summed E-state index contributed by atoms with van der Waals surface area (Å²) in [6, 6.07) is 7.82. The van der Waals surface area contributed by atoms with Crippen molar-refractivity contribution in [3.8, 4) is 0 Å². The van der Waals surface area contributed by atoms with Gasteiger partial charge in [0.25, 0.3) is 5.91 Å². The molecule has 1 atom stereocenters. The number of carbonyl (C=O) groups excluding carboxylic acids is 3. The first-order valence-corrected chi connectivity index (χ1v) is 7.70. The number of amides is 4. The molecule has 6 heteroatoms. The van der Waals surface area contributed by atoms with Crippen LogP contribution in [0.1, 0.15) is 6.92 Å². The molecule has 1 fully saturated rings. The number of benzene rings is 1. The first kappa shape index (κ1) is 17.5. The maximum absolute atomic E-state index is 12.6. The minimum Gasteiger partial charge on any atom is -0.334 e. The number of carbonyl (C=O) groups is 3. The maximum atomic E-state index is 12.6. The number of hydrogen-bond donors (Lipinski definition) is 0. The Morgan fingerprint density at radius 2 is 1.75 bits per heavy atom. The summed E-state index contributed by atoms with van der Waals surface area (Å²) < 4.78 is 0. The van der Waals surface area contributed by atoms with E-state index in [1.165, 1.54) is 9.80 Å². The van der Waals surface area contributed by atoms with E-state index in [1.807, 2.05) is 6.07 Å². The molecule has 0 spiro atoms. The average molecular weight is 327 g/mol. The van der Waals surface area contributed by atoms with E-state index in [2.05, 4.69) is 13.2 Å². The van der Waals surface area contributed by atoms with Crippen molar-refractivity contribution in [3.63, 3.8) is 0 Å². The van der Waals surface area contributed by atoms with Gasteiger partial charge in [-0.15, -0.1) is 13.2 Å². The molecule has 0 unspecified atom stereocenters. The van der Waals surface area contributed by atoms with Gasteiger partial charge in [-0.2, -0.15) is 0 Å². The summed E-state index contributed by atoms with van der Waals surface area (Å²) in [7, 11) is 0. The van der Waals surface area contributed by atoms with Crippen LogP contribution in [0, 0.1) is 0 Å². The zero-order valence-electron chi connectivity index (χ0n) is 13.7. The molecular weight excluding hydrogens is 306 g/mol. The largest absolute Gasteiger partial charge is 0.334 e. The van der Waals surface area contributed by atoms with Gasteiger partial charge in [0, 0.05) is 18.8 Å². The van der Waals surface area contributed by atoms with E-state index in [4.69, 9.17) is 0 Å². The predicted octanol–water partition coefficient (Wildman–Crippen LogP) is 2.04. The lowest BCUT2D eigenvalue weighted by Crippen LogP contribution is -2.43. The maximum Gasteiger partial charge on any atom is 0.332 e. The summed E-state index contributed by atoms with van der Waals surface area (Å²) in [6.07, 6.45) is 3.18. The summed E-state index contributed by atoms with van der Waals surface area (Å²) in [5.41, 5.74) is 0.632. The van der Waals surface area contributed by atoms with Crippen LogP contribution in [0.25, 0.3) is 0 Å². The van der Waals surface area contributed by atoms with E-state index in [-0.39, 0.29) is 18.4 Å². The summed E-state index contributed by atoms with van der Waals surface area (Å²) in [4.78, 5) is 41.3. The number of urea groups is 1. The fraction of sp³-hybridized carbons (Fsp3) is 0.278. The number of anilines is 1. The van der Waals surface area contributed by atoms with Gasteiger partial charge in [-0.3, -0.25) is 19.4 Å². The molecule has 1 aliphatic heterocycles. The van der Waals surface area contributed by atoms with Crippen molar-refractivity contribution in [2.75, 3.05) is 24.5 Å². The van der Waals surface area contributed by atoms with Gasteiger partial charge in [0.05, 0.1) is 0 Å². The van der Waals surface area contributed by atoms with E-state index in [1.54, 1.807) is 43.3 Å². The highest BCUT2D eigenvalue weighted by Crippen LogP contribution is 2.25. The fourth-order valence-corrected chi connectivity index (χ4v) is 2.62. The number of hydrogen-bond acceptors (Lipinski definition) is 3. The molecule has 0 N–H and O–H groups in total. The minimum absolute atomic E-state index is 0.285. The molecule has 1 aliphatic rings. The highest BCUT2D eigenvalue weighted by molar-refractivity contribution is 6.15. The second-order valence-corrected chi connectivity index (χ2v) is 5.46. The van der Waals surface area contributed by atoms with E-state index in [0.717, 1.165) is 4.90 Å². The summed E-state index contributed by atoms with van der Waals surface area (Å²) in [5, 5.41) is 0. The zero-order valence-corrected chi connectivity index (χ0v) is 13.7. The first-order valence-electron chi connectivity index (χ1n) is 7.70. The topological polar surface area (TPSA) is 60.9 Å². The van der Waals surface area contributed by atoms with Crippen molar-refractivity contribution in [1.29, 1.82) is 0 Å². The van der Waals surface area contributed by atoms with Crippen molar-refractivity contribution in [1.82, 2.24) is 9.80 Å². The molecule has 1 aromatic carbocycles. The van der Waals surface area contributed by atoms with Crippen LogP contribution < -0.4 is 4.90 Å². The van der Waals surface area contributed by atoms with E-state index in [9.17, 15) is 14.4 Å². The monoisotopic (exact) mass is 327 g/mol. The van der Waals surface area contributed by atoms with Crippen molar-refractivity contribution in [3.05, 3.63) is 55.6 Å². The van der Waals surface area contributed by atoms with Gasteiger partial charge in [0.2, 0.25) is 5.91 Å². The van der Waals surface area contributed by atoms with Crippen LogP contribution >= 0.6 is 0 Å². The normalized spacial score (nSPS) is 17.1. The van der Waals surface area contributed by atoms with E-state index >= 15 is 0 Å². The van der Waals surface area contributed by atoms with Gasteiger partial charge in [0.15, 0.2) is 0 Å². The van der Waals surface area contributed by atoms with Gasteiger partial charge >= 0.3 is 6.03 Å². The summed E-state index contributed by atoms with van der Waals surface area (Å²) in [6.45, 7) is 9.25. The molecule has 24 heavy (non-hydrogen) atoms. The number of para-hydroxylation sites is 1. The lowest BCUT2D eigenvalue weighted by molar-refractivity contribution is -0.136. The summed E-state index contributed by atoms with van der Waals surface area (Å²) in [5.74, 6) is -0.701. The van der Waals surface area contributed by atoms with Gasteiger partial charge in [-0.25, -0.2) is 4.79 Å². The smallest absolute Gasteiger partial charge is 0.332 e. The Morgan fingerprint density at radius 1 is 1.17 bits per heavy atom. The van der Waals surface area contributed by atoms with Crippen LogP contribution in [-0.2, 0) is 9.59 Å². The van der Waals surface area contributed by atoms with Gasteiger partial charge in [0.1, 0.15) is 12.6 Å². The minimum atomic E-state index is -0.639. The van der Waals surface area contributed by atoms with E-state index in [0.29, 0.717) is 18.8 Å². The summed E-state index contributed by atoms with van der Waals surface area (Å²) >= 11 is 0. The highest BCUT2D eigenvalue weighted by Gasteiger charge is 2.44. The predicted molar refractivity (Wildman–Crippen MR) is 92.5 cm³/mol. The zero-order chi connectivity index (χ0) is 17.7. The van der Waals surface area contributed by atoms with Gasteiger partial charge < -0.3 is 4.90 Å². The van der Waals surface area contributed by atoms with Crippen LogP contribution in [0.2, 0.25) is 0 Å². The average Bonchev–Trinajstić information content (AvgIpc) is 2.79.